The van der Waals surface area contributed by atoms with Crippen molar-refractivity contribution in [2.45, 2.75) is 44.9 Å². The van der Waals surface area contributed by atoms with Crippen LogP contribution in [-0.4, -0.2) is 57.0 Å². The molecule has 1 aliphatic carbocycles. The standard InChI is InChI=1S/C15H22F3N5O3/c1-4-23(7-11(24)25)10-5-9(6-10)19-14(26)20-13-8(2)12(15(16,17)18)21-22(13)3/h9-10H,4-7H2,1-3H3,(H,24,25)(H2,19,20,26). The molecule has 1 saturated carbocycles. The smallest absolute Gasteiger partial charge is 0.435 e. The van der Waals surface area contributed by atoms with Gasteiger partial charge in [-0.2, -0.15) is 18.3 Å². The third-order valence-electron chi connectivity index (χ3n) is 4.49. The van der Waals surface area contributed by atoms with E-state index in [0.29, 0.717) is 19.4 Å². The highest BCUT2D eigenvalue weighted by molar-refractivity contribution is 5.89. The van der Waals surface area contributed by atoms with Crippen LogP contribution in [0.25, 0.3) is 0 Å². The summed E-state index contributed by atoms with van der Waals surface area (Å²) in [4.78, 5) is 24.7. The van der Waals surface area contributed by atoms with Crippen LogP contribution in [0.15, 0.2) is 0 Å². The molecule has 8 nitrogen and oxygen atoms in total. The molecule has 0 aliphatic heterocycles. The first-order valence-corrected chi connectivity index (χ1v) is 8.17. The summed E-state index contributed by atoms with van der Waals surface area (Å²) < 4.78 is 39.5. The van der Waals surface area contributed by atoms with E-state index in [2.05, 4.69) is 15.7 Å². The molecular formula is C15H22F3N5O3. The first-order valence-electron chi connectivity index (χ1n) is 8.17. The van der Waals surface area contributed by atoms with Crippen LogP contribution >= 0.6 is 0 Å². The van der Waals surface area contributed by atoms with Crippen molar-refractivity contribution in [1.29, 1.82) is 0 Å². The Morgan fingerprint density at radius 2 is 2.00 bits per heavy atom. The van der Waals surface area contributed by atoms with Gasteiger partial charge in [0.05, 0.1) is 6.54 Å². The zero-order valence-electron chi connectivity index (χ0n) is 14.7. The Kier molecular flexibility index (Phi) is 5.79. The highest BCUT2D eigenvalue weighted by atomic mass is 19.4. The summed E-state index contributed by atoms with van der Waals surface area (Å²) >= 11 is 0. The van der Waals surface area contributed by atoms with E-state index >= 15 is 0 Å². The van der Waals surface area contributed by atoms with Crippen molar-refractivity contribution in [3.05, 3.63) is 11.3 Å². The zero-order valence-corrected chi connectivity index (χ0v) is 14.7. The van der Waals surface area contributed by atoms with E-state index in [1.807, 2.05) is 6.92 Å². The molecule has 0 unspecified atom stereocenters. The number of alkyl halides is 3. The van der Waals surface area contributed by atoms with Gasteiger partial charge in [-0.05, 0) is 26.3 Å². The number of carboxylic acids is 1. The molecular weight excluding hydrogens is 355 g/mol. The predicted molar refractivity (Wildman–Crippen MR) is 86.8 cm³/mol. The van der Waals surface area contributed by atoms with Gasteiger partial charge in [-0.3, -0.25) is 19.7 Å². The monoisotopic (exact) mass is 377 g/mol. The molecule has 3 N–H and O–H groups in total. The number of amides is 2. The summed E-state index contributed by atoms with van der Waals surface area (Å²) in [5.74, 6) is -0.931. The van der Waals surface area contributed by atoms with E-state index in [9.17, 15) is 22.8 Å². The number of hydrogen-bond acceptors (Lipinski definition) is 4. The molecule has 1 heterocycles. The summed E-state index contributed by atoms with van der Waals surface area (Å²) in [5.41, 5.74) is -1.19. The van der Waals surface area contributed by atoms with Crippen LogP contribution in [0.1, 0.15) is 31.0 Å². The molecule has 0 bridgehead atoms. The molecule has 2 amide bonds. The van der Waals surface area contributed by atoms with Gasteiger partial charge in [-0.25, -0.2) is 4.79 Å². The van der Waals surface area contributed by atoms with E-state index in [0.717, 1.165) is 4.68 Å². The van der Waals surface area contributed by atoms with Crippen molar-refractivity contribution in [2.75, 3.05) is 18.4 Å². The minimum Gasteiger partial charge on any atom is -0.480 e. The summed E-state index contributed by atoms with van der Waals surface area (Å²) in [7, 11) is 1.32. The minimum absolute atomic E-state index is 0.0215. The molecule has 2 rings (SSSR count). The Morgan fingerprint density at radius 1 is 1.38 bits per heavy atom. The van der Waals surface area contributed by atoms with Crippen LogP contribution in [0.4, 0.5) is 23.8 Å². The molecule has 1 aromatic heterocycles. The largest absolute Gasteiger partial charge is 0.480 e. The molecule has 26 heavy (non-hydrogen) atoms. The van der Waals surface area contributed by atoms with Gasteiger partial charge in [-0.1, -0.05) is 6.92 Å². The highest BCUT2D eigenvalue weighted by Gasteiger charge is 2.38. The van der Waals surface area contributed by atoms with Crippen molar-refractivity contribution in [3.63, 3.8) is 0 Å². The highest BCUT2D eigenvalue weighted by Crippen LogP contribution is 2.33. The Morgan fingerprint density at radius 3 is 2.46 bits per heavy atom. The number of aliphatic carboxylic acids is 1. The number of anilines is 1. The van der Waals surface area contributed by atoms with Gasteiger partial charge in [0.25, 0.3) is 0 Å². The number of hydrogen-bond donors (Lipinski definition) is 3. The van der Waals surface area contributed by atoms with Gasteiger partial charge in [0.1, 0.15) is 5.82 Å². The number of halogens is 3. The third-order valence-corrected chi connectivity index (χ3v) is 4.49. The van der Waals surface area contributed by atoms with E-state index in [-0.39, 0.29) is 30.0 Å². The van der Waals surface area contributed by atoms with Gasteiger partial charge in [0, 0.05) is 24.7 Å². The number of urea groups is 1. The number of aryl methyl sites for hydroxylation is 1. The van der Waals surface area contributed by atoms with E-state index < -0.39 is 23.9 Å². The van der Waals surface area contributed by atoms with Crippen LogP contribution in [0.5, 0.6) is 0 Å². The lowest BCUT2D eigenvalue weighted by Crippen LogP contribution is -2.55. The summed E-state index contributed by atoms with van der Waals surface area (Å²) in [6.45, 7) is 3.63. The maximum Gasteiger partial charge on any atom is 0.435 e. The normalized spacial score (nSPS) is 20.0. The van der Waals surface area contributed by atoms with Gasteiger partial charge >= 0.3 is 18.2 Å². The lowest BCUT2D eigenvalue weighted by atomic mass is 9.85. The maximum absolute atomic E-state index is 12.8. The second-order valence-electron chi connectivity index (χ2n) is 6.32. The molecule has 0 saturated heterocycles. The SMILES string of the molecule is CCN(CC(=O)O)C1CC(NC(=O)Nc2c(C)c(C(F)(F)F)nn2C)C1. The van der Waals surface area contributed by atoms with Gasteiger partial charge < -0.3 is 10.4 Å². The lowest BCUT2D eigenvalue weighted by molar-refractivity contribution is -0.142. The molecule has 1 aliphatic rings. The number of rotatable bonds is 6. The van der Waals surface area contributed by atoms with Crippen molar-refractivity contribution in [3.8, 4) is 0 Å². The topological polar surface area (TPSA) is 99.5 Å². The first kappa shape index (κ1) is 20.0. The van der Waals surface area contributed by atoms with Crippen molar-refractivity contribution in [1.82, 2.24) is 20.0 Å². The number of carbonyl (C=O) groups excluding carboxylic acids is 1. The Balaban J connectivity index is 1.90. The van der Waals surface area contributed by atoms with Crippen molar-refractivity contribution < 1.29 is 27.9 Å². The second-order valence-corrected chi connectivity index (χ2v) is 6.32. The maximum atomic E-state index is 12.8. The average Bonchev–Trinajstić information content (AvgIpc) is 2.76. The number of nitrogens with one attached hydrogen (secondary N) is 2. The summed E-state index contributed by atoms with van der Waals surface area (Å²) in [6, 6.07) is -0.704. The fraction of sp³-hybridized carbons (Fsp3) is 0.667. The second kappa shape index (κ2) is 7.52. The van der Waals surface area contributed by atoms with E-state index in [1.54, 1.807) is 4.90 Å². The lowest BCUT2D eigenvalue weighted by Gasteiger charge is -2.42. The third kappa shape index (κ3) is 4.45. The fourth-order valence-electron chi connectivity index (χ4n) is 3.08. The number of carboxylic acid groups (broad SMARTS) is 1. The number of likely N-dealkylation sites (N-methyl/N-ethyl adjacent to an activating group) is 1. The molecule has 11 heteroatoms. The Bertz CT molecular complexity index is 683. The Hall–Kier alpha value is -2.30. The van der Waals surface area contributed by atoms with Gasteiger partial charge in [0.15, 0.2) is 5.69 Å². The number of aromatic nitrogens is 2. The molecule has 0 spiro atoms. The van der Waals surface area contributed by atoms with Crippen LogP contribution < -0.4 is 10.6 Å². The van der Waals surface area contributed by atoms with E-state index in [1.165, 1.54) is 14.0 Å². The predicted octanol–water partition coefficient (Wildman–Crippen LogP) is 1.81. The average molecular weight is 377 g/mol. The van der Waals surface area contributed by atoms with Crippen LogP contribution in [0.3, 0.4) is 0 Å². The number of nitrogens with zero attached hydrogens (tertiary/aromatic N) is 3. The molecule has 0 atom stereocenters. The quantitative estimate of drug-likeness (QED) is 0.702. The van der Waals surface area contributed by atoms with Crippen LogP contribution in [0.2, 0.25) is 0 Å². The summed E-state index contributed by atoms with van der Waals surface area (Å²) in [6.07, 6.45) is -3.41. The molecule has 0 radical (unpaired) electrons. The van der Waals surface area contributed by atoms with Crippen LogP contribution in [0, 0.1) is 6.92 Å². The van der Waals surface area contributed by atoms with Crippen molar-refractivity contribution >= 4 is 17.8 Å². The van der Waals surface area contributed by atoms with E-state index in [4.69, 9.17) is 5.11 Å². The fourth-order valence-corrected chi connectivity index (χ4v) is 3.08. The zero-order chi connectivity index (χ0) is 19.6. The van der Waals surface area contributed by atoms with Gasteiger partial charge in [0.2, 0.25) is 0 Å². The van der Waals surface area contributed by atoms with Gasteiger partial charge in [-0.15, -0.1) is 0 Å². The summed E-state index contributed by atoms with van der Waals surface area (Å²) in [5, 5.41) is 17.4. The molecule has 1 aromatic rings. The molecule has 146 valence electrons. The number of carbonyl (C=O) groups is 2. The molecule has 0 aromatic carbocycles. The molecule has 1 fully saturated rings. The van der Waals surface area contributed by atoms with Crippen LogP contribution in [-0.2, 0) is 18.0 Å². The first-order chi connectivity index (χ1) is 12.0. The van der Waals surface area contributed by atoms with Crippen molar-refractivity contribution in [2.24, 2.45) is 7.05 Å². The minimum atomic E-state index is -4.59. The Labute approximate surface area is 148 Å².